The Morgan fingerprint density at radius 3 is 2.41 bits per heavy atom. The molecule has 1 saturated heterocycles. The molecular weight excluding hydrogens is 215 g/mol. The Hall–Kier alpha value is -1.56. The van der Waals surface area contributed by atoms with Gasteiger partial charge in [-0.05, 0) is 42.5 Å². The Morgan fingerprint density at radius 1 is 1.29 bits per heavy atom. The molecule has 0 N–H and O–H groups in total. The molecule has 3 heteroatoms. The van der Waals surface area contributed by atoms with E-state index in [1.807, 2.05) is 12.1 Å². The van der Waals surface area contributed by atoms with Gasteiger partial charge in [0.15, 0.2) is 0 Å². The fourth-order valence-corrected chi connectivity index (χ4v) is 2.32. The van der Waals surface area contributed by atoms with E-state index in [4.69, 9.17) is 5.26 Å². The van der Waals surface area contributed by atoms with Gasteiger partial charge in [0.25, 0.3) is 0 Å². The second kappa shape index (κ2) is 4.75. The van der Waals surface area contributed by atoms with Crippen molar-refractivity contribution in [1.82, 2.24) is 0 Å². The van der Waals surface area contributed by atoms with Crippen molar-refractivity contribution in [2.75, 3.05) is 18.0 Å². The van der Waals surface area contributed by atoms with Crippen LogP contribution in [0.4, 0.5) is 10.1 Å². The zero-order chi connectivity index (χ0) is 12.3. The monoisotopic (exact) mass is 232 g/mol. The smallest absolute Gasteiger partial charge is 0.123 e. The molecule has 0 unspecified atom stereocenters. The van der Waals surface area contributed by atoms with Gasteiger partial charge in [-0.1, -0.05) is 6.92 Å². The van der Waals surface area contributed by atoms with E-state index < -0.39 is 0 Å². The molecule has 0 amide bonds. The van der Waals surface area contributed by atoms with Gasteiger partial charge in [0, 0.05) is 25.2 Å². The molecule has 1 heterocycles. The van der Waals surface area contributed by atoms with E-state index in [2.05, 4.69) is 17.9 Å². The molecule has 1 aliphatic rings. The molecule has 0 atom stereocenters. The maximum atomic E-state index is 12.8. The molecule has 1 fully saturated rings. The molecule has 2 nitrogen and oxygen atoms in total. The van der Waals surface area contributed by atoms with Gasteiger partial charge < -0.3 is 4.90 Å². The Bertz CT molecular complexity index is 411. The van der Waals surface area contributed by atoms with Crippen molar-refractivity contribution in [2.24, 2.45) is 5.41 Å². The fraction of sp³-hybridized carbons (Fsp3) is 0.500. The van der Waals surface area contributed by atoms with Crippen LogP contribution in [0.25, 0.3) is 0 Å². The number of hydrogen-bond acceptors (Lipinski definition) is 2. The second-order valence-electron chi connectivity index (χ2n) is 5.11. The van der Waals surface area contributed by atoms with E-state index in [0.29, 0.717) is 6.42 Å². The Kier molecular flexibility index (Phi) is 3.33. The summed E-state index contributed by atoms with van der Waals surface area (Å²) in [5, 5.41) is 8.79. The van der Waals surface area contributed by atoms with E-state index in [1.54, 1.807) is 0 Å². The molecule has 0 radical (unpaired) electrons. The van der Waals surface area contributed by atoms with Gasteiger partial charge in [-0.25, -0.2) is 4.39 Å². The van der Waals surface area contributed by atoms with E-state index >= 15 is 0 Å². The summed E-state index contributed by atoms with van der Waals surface area (Å²) in [5.74, 6) is -0.194. The van der Waals surface area contributed by atoms with Crippen LogP contribution in [-0.4, -0.2) is 13.1 Å². The third-order valence-electron chi connectivity index (χ3n) is 3.67. The number of anilines is 1. The maximum absolute atomic E-state index is 12.8. The Morgan fingerprint density at radius 2 is 1.88 bits per heavy atom. The lowest BCUT2D eigenvalue weighted by molar-refractivity contribution is 0.254. The summed E-state index contributed by atoms with van der Waals surface area (Å²) in [6.45, 7) is 4.08. The molecule has 17 heavy (non-hydrogen) atoms. The first-order chi connectivity index (χ1) is 8.13. The molecule has 0 spiro atoms. The summed E-state index contributed by atoms with van der Waals surface area (Å²) in [6.07, 6.45) is 2.68. The number of rotatable bonds is 2. The van der Waals surface area contributed by atoms with Crippen LogP contribution in [0, 0.1) is 22.6 Å². The minimum atomic E-state index is -0.194. The maximum Gasteiger partial charge on any atom is 0.123 e. The van der Waals surface area contributed by atoms with Gasteiger partial charge in [0.1, 0.15) is 5.82 Å². The van der Waals surface area contributed by atoms with Crippen molar-refractivity contribution in [1.29, 1.82) is 5.26 Å². The van der Waals surface area contributed by atoms with Gasteiger partial charge in [-0.3, -0.25) is 0 Å². The van der Waals surface area contributed by atoms with E-state index in [-0.39, 0.29) is 11.2 Å². The minimum absolute atomic E-state index is 0.158. The Balaban J connectivity index is 2.00. The molecular formula is C14H17FN2. The van der Waals surface area contributed by atoms with Crippen LogP contribution in [0.1, 0.15) is 26.2 Å². The third-order valence-corrected chi connectivity index (χ3v) is 3.67. The fourth-order valence-electron chi connectivity index (χ4n) is 2.32. The van der Waals surface area contributed by atoms with Crippen LogP contribution in [-0.2, 0) is 0 Å². The van der Waals surface area contributed by atoms with E-state index in [1.165, 1.54) is 12.1 Å². The molecule has 1 aromatic rings. The lowest BCUT2D eigenvalue weighted by atomic mass is 9.78. The molecule has 0 aliphatic carbocycles. The first-order valence-corrected chi connectivity index (χ1v) is 6.00. The third kappa shape index (κ3) is 2.76. The molecule has 0 aromatic heterocycles. The summed E-state index contributed by atoms with van der Waals surface area (Å²) in [7, 11) is 0. The summed E-state index contributed by atoms with van der Waals surface area (Å²) < 4.78 is 12.8. The topological polar surface area (TPSA) is 27.0 Å². The second-order valence-corrected chi connectivity index (χ2v) is 5.11. The van der Waals surface area contributed by atoms with Gasteiger partial charge in [-0.2, -0.15) is 5.26 Å². The number of piperidine rings is 1. The predicted octanol–water partition coefficient (Wildman–Crippen LogP) is 3.35. The predicted molar refractivity (Wildman–Crippen MR) is 66.2 cm³/mol. The zero-order valence-corrected chi connectivity index (χ0v) is 10.1. The molecule has 0 saturated carbocycles. The molecule has 1 aromatic carbocycles. The number of benzene rings is 1. The normalized spacial score (nSPS) is 18.8. The van der Waals surface area contributed by atoms with Crippen molar-refractivity contribution < 1.29 is 4.39 Å². The lowest BCUT2D eigenvalue weighted by Gasteiger charge is -2.39. The van der Waals surface area contributed by atoms with Crippen LogP contribution in [0.2, 0.25) is 0 Å². The SMILES string of the molecule is CC1(CC#N)CCN(c2ccc(F)cc2)CC1. The molecule has 90 valence electrons. The molecule has 2 rings (SSSR count). The summed E-state index contributed by atoms with van der Waals surface area (Å²) in [5.41, 5.74) is 1.23. The van der Waals surface area contributed by atoms with E-state index in [0.717, 1.165) is 31.6 Å². The van der Waals surface area contributed by atoms with Crippen molar-refractivity contribution in [2.45, 2.75) is 26.2 Å². The summed E-state index contributed by atoms with van der Waals surface area (Å²) in [6, 6.07) is 8.91. The Labute approximate surface area is 102 Å². The van der Waals surface area contributed by atoms with Crippen LogP contribution in [0.5, 0.6) is 0 Å². The first kappa shape index (κ1) is 11.9. The minimum Gasteiger partial charge on any atom is -0.371 e. The summed E-state index contributed by atoms with van der Waals surface area (Å²) >= 11 is 0. The van der Waals surface area contributed by atoms with Gasteiger partial charge >= 0.3 is 0 Å². The molecule has 1 aliphatic heterocycles. The first-order valence-electron chi connectivity index (χ1n) is 6.00. The van der Waals surface area contributed by atoms with Crippen LogP contribution >= 0.6 is 0 Å². The number of halogens is 1. The highest BCUT2D eigenvalue weighted by Gasteiger charge is 2.29. The van der Waals surface area contributed by atoms with Gasteiger partial charge in [0.05, 0.1) is 6.07 Å². The standard InChI is InChI=1S/C14H17FN2/c1-14(6-9-16)7-10-17(11-8-14)13-4-2-12(15)3-5-13/h2-5H,6-8,10-11H2,1H3. The quantitative estimate of drug-likeness (QED) is 0.782. The number of hydrogen-bond donors (Lipinski definition) is 0. The van der Waals surface area contributed by atoms with Crippen molar-refractivity contribution in [3.63, 3.8) is 0 Å². The summed E-state index contributed by atoms with van der Waals surface area (Å²) in [4.78, 5) is 2.26. The largest absolute Gasteiger partial charge is 0.371 e. The number of nitriles is 1. The number of nitrogens with zero attached hydrogens (tertiary/aromatic N) is 2. The van der Waals surface area contributed by atoms with Crippen LogP contribution in [0.3, 0.4) is 0 Å². The van der Waals surface area contributed by atoms with Crippen LogP contribution < -0.4 is 4.90 Å². The lowest BCUT2D eigenvalue weighted by Crippen LogP contribution is -2.38. The van der Waals surface area contributed by atoms with Crippen molar-refractivity contribution in [3.05, 3.63) is 30.1 Å². The van der Waals surface area contributed by atoms with Crippen molar-refractivity contribution in [3.8, 4) is 6.07 Å². The highest BCUT2D eigenvalue weighted by molar-refractivity contribution is 5.46. The highest BCUT2D eigenvalue weighted by atomic mass is 19.1. The van der Waals surface area contributed by atoms with Crippen molar-refractivity contribution >= 4 is 5.69 Å². The van der Waals surface area contributed by atoms with Gasteiger partial charge in [0.2, 0.25) is 0 Å². The van der Waals surface area contributed by atoms with Gasteiger partial charge in [-0.15, -0.1) is 0 Å². The average Bonchev–Trinajstić information content (AvgIpc) is 2.31. The van der Waals surface area contributed by atoms with E-state index in [9.17, 15) is 4.39 Å². The van der Waals surface area contributed by atoms with Crippen LogP contribution in [0.15, 0.2) is 24.3 Å². The average molecular weight is 232 g/mol. The highest BCUT2D eigenvalue weighted by Crippen LogP contribution is 2.35. The molecule has 0 bridgehead atoms. The zero-order valence-electron chi connectivity index (χ0n) is 10.1.